The van der Waals surface area contributed by atoms with Crippen LogP contribution in [0.5, 0.6) is 0 Å². The van der Waals surface area contributed by atoms with Crippen molar-refractivity contribution in [1.82, 2.24) is 0 Å². The first-order valence-corrected chi connectivity index (χ1v) is 7.11. The Morgan fingerprint density at radius 3 is 2.16 bits per heavy atom. The standard InChI is InChI=1S/C16H13F7O2/c1-15(2)8(3-4-16(21,22)23)11(15)14(24)25-6-7-12(19)9(17)5-10(18)13(7)20/h3-5,8,11H,6H2,1-2H3. The summed E-state index contributed by atoms with van der Waals surface area (Å²) in [5.41, 5.74) is -1.95. The second kappa shape index (κ2) is 6.34. The fourth-order valence-corrected chi connectivity index (χ4v) is 2.68. The Labute approximate surface area is 138 Å². The lowest BCUT2D eigenvalue weighted by molar-refractivity contribution is -0.147. The molecule has 138 valence electrons. The van der Waals surface area contributed by atoms with Crippen molar-refractivity contribution in [3.05, 3.63) is 47.1 Å². The maximum Gasteiger partial charge on any atom is 0.409 e. The summed E-state index contributed by atoms with van der Waals surface area (Å²) < 4.78 is 94.4. The summed E-state index contributed by atoms with van der Waals surface area (Å²) in [7, 11) is 0. The topological polar surface area (TPSA) is 26.3 Å². The molecule has 2 nitrogen and oxygen atoms in total. The van der Waals surface area contributed by atoms with E-state index >= 15 is 0 Å². The molecule has 0 heterocycles. The summed E-state index contributed by atoms with van der Waals surface area (Å²) in [6, 6.07) is 0.0119. The molecule has 0 saturated heterocycles. The van der Waals surface area contributed by atoms with Gasteiger partial charge in [0, 0.05) is 12.1 Å². The summed E-state index contributed by atoms with van der Waals surface area (Å²) in [6.07, 6.45) is -3.73. The molecular weight excluding hydrogens is 357 g/mol. The molecule has 0 amide bonds. The molecule has 1 aliphatic rings. The van der Waals surface area contributed by atoms with Crippen LogP contribution in [0.15, 0.2) is 18.2 Å². The zero-order valence-corrected chi connectivity index (χ0v) is 13.1. The van der Waals surface area contributed by atoms with Crippen LogP contribution in [0, 0.1) is 40.5 Å². The van der Waals surface area contributed by atoms with E-state index in [1.165, 1.54) is 13.8 Å². The molecule has 1 saturated carbocycles. The average molecular weight is 370 g/mol. The summed E-state index contributed by atoms with van der Waals surface area (Å²) in [5.74, 6) is -9.45. The van der Waals surface area contributed by atoms with E-state index in [9.17, 15) is 35.5 Å². The molecule has 1 fully saturated rings. The predicted octanol–water partition coefficient (Wildman–Crippen LogP) is 4.68. The van der Waals surface area contributed by atoms with Gasteiger partial charge in [-0.15, -0.1) is 0 Å². The number of alkyl halides is 3. The van der Waals surface area contributed by atoms with Crippen molar-refractivity contribution in [2.24, 2.45) is 17.3 Å². The van der Waals surface area contributed by atoms with Crippen molar-refractivity contribution in [1.29, 1.82) is 0 Å². The van der Waals surface area contributed by atoms with Crippen molar-refractivity contribution in [3.63, 3.8) is 0 Å². The van der Waals surface area contributed by atoms with Crippen molar-refractivity contribution >= 4 is 5.97 Å². The van der Waals surface area contributed by atoms with E-state index in [1.54, 1.807) is 0 Å². The highest BCUT2D eigenvalue weighted by molar-refractivity contribution is 5.78. The molecule has 0 spiro atoms. The van der Waals surface area contributed by atoms with Gasteiger partial charge >= 0.3 is 12.1 Å². The third-order valence-electron chi connectivity index (χ3n) is 4.22. The molecule has 0 N–H and O–H groups in total. The minimum Gasteiger partial charge on any atom is -0.460 e. The van der Waals surface area contributed by atoms with E-state index in [-0.39, 0.29) is 12.1 Å². The van der Waals surface area contributed by atoms with Crippen molar-refractivity contribution < 1.29 is 40.3 Å². The molecule has 1 aromatic carbocycles. The molecule has 0 radical (unpaired) electrons. The van der Waals surface area contributed by atoms with Gasteiger partial charge in [-0.3, -0.25) is 4.79 Å². The number of esters is 1. The minimum absolute atomic E-state index is 0.00597. The molecule has 1 aromatic rings. The van der Waals surface area contributed by atoms with Crippen LogP contribution < -0.4 is 0 Å². The van der Waals surface area contributed by atoms with Crippen LogP contribution in [0.4, 0.5) is 30.7 Å². The summed E-state index contributed by atoms with van der Waals surface area (Å²) >= 11 is 0. The largest absolute Gasteiger partial charge is 0.460 e. The zero-order chi connectivity index (χ0) is 19.2. The highest BCUT2D eigenvalue weighted by atomic mass is 19.4. The van der Waals surface area contributed by atoms with E-state index in [4.69, 9.17) is 0 Å². The Bertz CT molecular complexity index is 696. The number of hydrogen-bond acceptors (Lipinski definition) is 2. The molecule has 2 atom stereocenters. The quantitative estimate of drug-likeness (QED) is 0.333. The van der Waals surface area contributed by atoms with E-state index < -0.39 is 64.8 Å². The van der Waals surface area contributed by atoms with Gasteiger partial charge in [-0.2, -0.15) is 13.2 Å². The van der Waals surface area contributed by atoms with E-state index in [0.717, 1.165) is 6.08 Å². The lowest BCUT2D eigenvalue weighted by Gasteiger charge is -2.09. The lowest BCUT2D eigenvalue weighted by Crippen LogP contribution is -2.13. The van der Waals surface area contributed by atoms with Gasteiger partial charge in [0.1, 0.15) is 6.61 Å². The Morgan fingerprint density at radius 2 is 1.68 bits per heavy atom. The SMILES string of the molecule is CC1(C)C(C=CC(F)(F)F)C1C(=O)OCc1c(F)c(F)cc(F)c1F. The average Bonchev–Trinajstić information content (AvgIpc) is 3.03. The normalized spacial score (nSPS) is 22.3. The smallest absolute Gasteiger partial charge is 0.409 e. The number of halogens is 7. The number of rotatable bonds is 4. The van der Waals surface area contributed by atoms with Crippen molar-refractivity contribution in [2.45, 2.75) is 26.6 Å². The van der Waals surface area contributed by atoms with Crippen molar-refractivity contribution in [2.75, 3.05) is 0 Å². The summed E-state index contributed by atoms with van der Waals surface area (Å²) in [6.45, 7) is 1.97. The van der Waals surface area contributed by atoms with Gasteiger partial charge in [0.05, 0.1) is 11.5 Å². The summed E-state index contributed by atoms with van der Waals surface area (Å²) in [5, 5.41) is 0. The predicted molar refractivity (Wildman–Crippen MR) is 72.0 cm³/mol. The number of ether oxygens (including phenoxy) is 1. The van der Waals surface area contributed by atoms with Gasteiger partial charge in [0.15, 0.2) is 23.3 Å². The monoisotopic (exact) mass is 370 g/mol. The van der Waals surface area contributed by atoms with Crippen LogP contribution in [-0.2, 0) is 16.1 Å². The van der Waals surface area contributed by atoms with Gasteiger partial charge in [-0.1, -0.05) is 19.9 Å². The second-order valence-electron chi connectivity index (χ2n) is 6.28. The Morgan fingerprint density at radius 1 is 1.16 bits per heavy atom. The lowest BCUT2D eigenvalue weighted by atomic mass is 10.1. The zero-order valence-electron chi connectivity index (χ0n) is 13.1. The number of carbonyl (C=O) groups is 1. The molecule has 25 heavy (non-hydrogen) atoms. The van der Waals surface area contributed by atoms with Crippen LogP contribution in [0.25, 0.3) is 0 Å². The van der Waals surface area contributed by atoms with E-state index in [2.05, 4.69) is 4.74 Å². The first-order valence-electron chi connectivity index (χ1n) is 7.11. The Kier molecular flexibility index (Phi) is 4.89. The summed E-state index contributed by atoms with van der Waals surface area (Å²) in [4.78, 5) is 12.0. The number of hydrogen-bond donors (Lipinski definition) is 0. The maximum absolute atomic E-state index is 13.5. The minimum atomic E-state index is -4.54. The second-order valence-corrected chi connectivity index (χ2v) is 6.28. The van der Waals surface area contributed by atoms with Crippen LogP contribution >= 0.6 is 0 Å². The number of carbonyl (C=O) groups excluding carboxylic acids is 1. The Balaban J connectivity index is 2.08. The molecular formula is C16H13F7O2. The molecule has 2 rings (SSSR count). The van der Waals surface area contributed by atoms with Gasteiger partial charge in [0.2, 0.25) is 0 Å². The van der Waals surface area contributed by atoms with Crippen LogP contribution in [0.1, 0.15) is 19.4 Å². The number of allylic oxidation sites excluding steroid dienone is 2. The molecule has 0 aromatic heterocycles. The molecule has 0 bridgehead atoms. The number of benzene rings is 1. The third-order valence-corrected chi connectivity index (χ3v) is 4.22. The van der Waals surface area contributed by atoms with Gasteiger partial charge in [0.25, 0.3) is 0 Å². The van der Waals surface area contributed by atoms with E-state index in [0.29, 0.717) is 0 Å². The highest BCUT2D eigenvalue weighted by Crippen LogP contribution is 2.59. The molecule has 9 heteroatoms. The van der Waals surface area contributed by atoms with Crippen LogP contribution in [0.2, 0.25) is 0 Å². The fraction of sp³-hybridized carbons (Fsp3) is 0.438. The van der Waals surface area contributed by atoms with Gasteiger partial charge < -0.3 is 4.74 Å². The van der Waals surface area contributed by atoms with Gasteiger partial charge in [-0.25, -0.2) is 17.6 Å². The fourth-order valence-electron chi connectivity index (χ4n) is 2.68. The van der Waals surface area contributed by atoms with Gasteiger partial charge in [-0.05, 0) is 11.3 Å². The maximum atomic E-state index is 13.5. The highest BCUT2D eigenvalue weighted by Gasteiger charge is 2.61. The molecule has 1 aliphatic carbocycles. The third kappa shape index (κ3) is 3.96. The first-order chi connectivity index (χ1) is 11.4. The molecule has 2 unspecified atom stereocenters. The molecule has 0 aliphatic heterocycles. The van der Waals surface area contributed by atoms with E-state index in [1.807, 2.05) is 0 Å². The van der Waals surface area contributed by atoms with Crippen molar-refractivity contribution in [3.8, 4) is 0 Å². The van der Waals surface area contributed by atoms with Crippen LogP contribution in [-0.4, -0.2) is 12.1 Å². The first kappa shape index (κ1) is 19.3. The Hall–Kier alpha value is -2.06. The van der Waals surface area contributed by atoms with Crippen LogP contribution in [0.3, 0.4) is 0 Å².